The van der Waals surface area contributed by atoms with Crippen LogP contribution in [0, 0.1) is 5.92 Å². The van der Waals surface area contributed by atoms with E-state index in [-0.39, 0.29) is 24.7 Å². The number of alkyl halides is 3. The highest BCUT2D eigenvalue weighted by Crippen LogP contribution is 2.33. The van der Waals surface area contributed by atoms with E-state index in [1.54, 1.807) is 17.0 Å². The maximum absolute atomic E-state index is 13.3. The number of rotatable bonds is 11. The van der Waals surface area contributed by atoms with Crippen molar-refractivity contribution in [1.29, 1.82) is 0 Å². The molecule has 0 radical (unpaired) electrons. The third-order valence-electron chi connectivity index (χ3n) is 6.72. The summed E-state index contributed by atoms with van der Waals surface area (Å²) in [6.07, 6.45) is -1.16. The van der Waals surface area contributed by atoms with Crippen LogP contribution in [0.25, 0.3) is 0 Å². The number of carbonyl (C=O) groups is 1. The minimum atomic E-state index is -4.80. The number of amides is 1. The van der Waals surface area contributed by atoms with Crippen LogP contribution in [0.3, 0.4) is 0 Å². The lowest BCUT2D eigenvalue weighted by Crippen LogP contribution is -2.39. The summed E-state index contributed by atoms with van der Waals surface area (Å²) in [6.45, 7) is 4.13. The van der Waals surface area contributed by atoms with Crippen molar-refractivity contribution in [1.82, 2.24) is 14.7 Å². The summed E-state index contributed by atoms with van der Waals surface area (Å²) in [5.41, 5.74) is 3.81. The molecule has 1 saturated carbocycles. The van der Waals surface area contributed by atoms with Crippen molar-refractivity contribution < 1.29 is 22.7 Å². The van der Waals surface area contributed by atoms with Crippen molar-refractivity contribution in [3.63, 3.8) is 0 Å². The summed E-state index contributed by atoms with van der Waals surface area (Å²) in [6, 6.07) is 12.1. The summed E-state index contributed by atoms with van der Waals surface area (Å²) >= 11 is 0. The predicted molar refractivity (Wildman–Crippen MR) is 134 cm³/mol. The molecule has 0 saturated heterocycles. The van der Waals surface area contributed by atoms with Gasteiger partial charge in [0.15, 0.2) is 0 Å². The van der Waals surface area contributed by atoms with E-state index in [1.165, 1.54) is 36.1 Å². The topological polar surface area (TPSA) is 48.1 Å². The van der Waals surface area contributed by atoms with Gasteiger partial charge in [0.1, 0.15) is 5.75 Å². The van der Waals surface area contributed by atoms with Crippen molar-refractivity contribution in [3.05, 3.63) is 59.2 Å². The number of nitrogens with one attached hydrogen (secondary N) is 1. The number of para-hydroxylation sites is 1. The summed E-state index contributed by atoms with van der Waals surface area (Å²) < 4.78 is 42.9. The van der Waals surface area contributed by atoms with E-state index >= 15 is 0 Å². The van der Waals surface area contributed by atoms with Crippen LogP contribution in [0.15, 0.2) is 42.5 Å². The third-order valence-corrected chi connectivity index (χ3v) is 6.72. The number of benzene rings is 2. The SMILES string of the molecule is CN(C)CCN(Cc1ccccc1OC(F)(F)F)C(=O)CNc1cccc2c1CN(CC1CC1)CC2. The highest BCUT2D eigenvalue weighted by molar-refractivity contribution is 5.81. The average Bonchev–Trinajstić information content (AvgIpc) is 3.64. The number of nitrogens with zero attached hydrogens (tertiary/aromatic N) is 3. The molecule has 0 aromatic heterocycles. The number of likely N-dealkylation sites (N-methyl/N-ethyl adjacent to an activating group) is 1. The molecule has 0 bridgehead atoms. The average molecular weight is 505 g/mol. The molecule has 1 fully saturated rings. The first-order chi connectivity index (χ1) is 17.2. The van der Waals surface area contributed by atoms with Gasteiger partial charge in [-0.2, -0.15) is 0 Å². The zero-order valence-electron chi connectivity index (χ0n) is 21.0. The van der Waals surface area contributed by atoms with Gasteiger partial charge in [0.05, 0.1) is 6.54 Å². The van der Waals surface area contributed by atoms with Gasteiger partial charge in [-0.25, -0.2) is 0 Å². The van der Waals surface area contributed by atoms with Crippen LogP contribution in [0.2, 0.25) is 0 Å². The molecule has 1 aliphatic heterocycles. The number of carbonyl (C=O) groups excluding carboxylic acids is 1. The molecule has 2 aliphatic rings. The van der Waals surface area contributed by atoms with Crippen molar-refractivity contribution in [2.24, 2.45) is 5.92 Å². The Morgan fingerprint density at radius 2 is 1.89 bits per heavy atom. The van der Waals surface area contributed by atoms with Crippen LogP contribution in [0.4, 0.5) is 18.9 Å². The molecule has 0 atom stereocenters. The highest BCUT2D eigenvalue weighted by atomic mass is 19.4. The number of anilines is 1. The van der Waals surface area contributed by atoms with E-state index in [0.29, 0.717) is 18.7 Å². The number of fused-ring (bicyclic) bond motifs is 1. The Balaban J connectivity index is 1.44. The molecule has 6 nitrogen and oxygen atoms in total. The van der Waals surface area contributed by atoms with Gasteiger partial charge in [0.25, 0.3) is 0 Å². The van der Waals surface area contributed by atoms with Crippen molar-refractivity contribution in [3.8, 4) is 5.75 Å². The molecular weight excluding hydrogens is 469 g/mol. The lowest BCUT2D eigenvalue weighted by atomic mass is 9.97. The zero-order valence-corrected chi connectivity index (χ0v) is 21.0. The van der Waals surface area contributed by atoms with Gasteiger partial charge in [-0.1, -0.05) is 30.3 Å². The number of hydrogen-bond donors (Lipinski definition) is 1. The minimum Gasteiger partial charge on any atom is -0.405 e. The fourth-order valence-electron chi connectivity index (χ4n) is 4.58. The van der Waals surface area contributed by atoms with Crippen molar-refractivity contribution in [2.45, 2.75) is 38.7 Å². The Morgan fingerprint density at radius 1 is 1.11 bits per heavy atom. The van der Waals surface area contributed by atoms with Crippen LogP contribution in [-0.4, -0.2) is 73.8 Å². The number of hydrogen-bond acceptors (Lipinski definition) is 5. The summed E-state index contributed by atoms with van der Waals surface area (Å²) in [5, 5.41) is 3.33. The summed E-state index contributed by atoms with van der Waals surface area (Å²) in [4.78, 5) is 19.3. The molecule has 36 heavy (non-hydrogen) atoms. The first kappa shape index (κ1) is 26.3. The lowest BCUT2D eigenvalue weighted by Gasteiger charge is -2.31. The predicted octanol–water partition coefficient (Wildman–Crippen LogP) is 4.36. The van der Waals surface area contributed by atoms with E-state index in [1.807, 2.05) is 31.1 Å². The second kappa shape index (κ2) is 11.5. The number of halogens is 3. The molecule has 2 aromatic rings. The molecular formula is C27H35F3N4O2. The number of ether oxygens (including phenoxy) is 1. The molecule has 0 spiro atoms. The van der Waals surface area contributed by atoms with Gasteiger partial charge in [-0.3, -0.25) is 9.69 Å². The van der Waals surface area contributed by atoms with Gasteiger partial charge >= 0.3 is 6.36 Å². The van der Waals surface area contributed by atoms with Gasteiger partial charge in [-0.15, -0.1) is 13.2 Å². The van der Waals surface area contributed by atoms with E-state index in [4.69, 9.17) is 0 Å². The van der Waals surface area contributed by atoms with Gasteiger partial charge in [0.2, 0.25) is 5.91 Å². The first-order valence-corrected chi connectivity index (χ1v) is 12.5. The highest BCUT2D eigenvalue weighted by Gasteiger charge is 2.32. The molecule has 1 amide bonds. The first-order valence-electron chi connectivity index (χ1n) is 12.5. The van der Waals surface area contributed by atoms with Crippen molar-refractivity contribution in [2.75, 3.05) is 52.1 Å². The largest absolute Gasteiger partial charge is 0.573 e. The second-order valence-corrected chi connectivity index (χ2v) is 10.00. The minimum absolute atomic E-state index is 0.0304. The summed E-state index contributed by atoms with van der Waals surface area (Å²) in [5.74, 6) is 0.359. The van der Waals surface area contributed by atoms with Crippen LogP contribution in [0.1, 0.15) is 29.5 Å². The Kier molecular flexibility index (Phi) is 8.41. The fourth-order valence-corrected chi connectivity index (χ4v) is 4.58. The summed E-state index contributed by atoms with van der Waals surface area (Å²) in [7, 11) is 3.79. The maximum Gasteiger partial charge on any atom is 0.573 e. The van der Waals surface area contributed by atoms with E-state index in [0.717, 1.165) is 37.7 Å². The van der Waals surface area contributed by atoms with Crippen LogP contribution >= 0.6 is 0 Å². The molecule has 0 unspecified atom stereocenters. The Morgan fingerprint density at radius 3 is 2.61 bits per heavy atom. The maximum atomic E-state index is 13.3. The van der Waals surface area contributed by atoms with Gasteiger partial charge < -0.3 is 19.9 Å². The molecule has 196 valence electrons. The molecule has 1 heterocycles. The molecule has 4 rings (SSSR count). The Labute approximate surface area is 211 Å². The van der Waals surface area contributed by atoms with Crippen LogP contribution in [-0.2, 0) is 24.3 Å². The van der Waals surface area contributed by atoms with Crippen molar-refractivity contribution >= 4 is 11.6 Å². The Hall–Kier alpha value is -2.78. The van der Waals surface area contributed by atoms with Crippen LogP contribution < -0.4 is 10.1 Å². The third kappa shape index (κ3) is 7.61. The second-order valence-electron chi connectivity index (χ2n) is 10.00. The van der Waals surface area contributed by atoms with E-state index < -0.39 is 6.36 Å². The van der Waals surface area contributed by atoms with E-state index in [9.17, 15) is 18.0 Å². The molecule has 1 N–H and O–H groups in total. The van der Waals surface area contributed by atoms with Gasteiger partial charge in [-0.05, 0) is 62.5 Å². The normalized spacial score (nSPS) is 16.1. The van der Waals surface area contributed by atoms with E-state index in [2.05, 4.69) is 21.0 Å². The zero-order chi connectivity index (χ0) is 25.7. The lowest BCUT2D eigenvalue weighted by molar-refractivity contribution is -0.275. The molecule has 1 aliphatic carbocycles. The molecule has 2 aromatic carbocycles. The van der Waals surface area contributed by atoms with Gasteiger partial charge in [0, 0.05) is 50.5 Å². The molecule has 9 heteroatoms. The quantitative estimate of drug-likeness (QED) is 0.493. The van der Waals surface area contributed by atoms with Crippen LogP contribution in [0.5, 0.6) is 5.75 Å². The Bertz CT molecular complexity index is 1040. The monoisotopic (exact) mass is 504 g/mol. The smallest absolute Gasteiger partial charge is 0.405 e. The standard InChI is InChI=1S/C27H35F3N4O2/c1-32(2)14-15-34(18-22-6-3-4-9-25(22)36-27(28,29)30)26(35)16-31-24-8-5-7-21-12-13-33(19-23(21)24)17-20-10-11-20/h3-9,20,31H,10-19H2,1-2H3. The fraction of sp³-hybridized carbons (Fsp3) is 0.519.